The standard InChI is InChI=1S/C19H20Cl2N2O4/c1-2-26-14-4-6-15(7-5-14)27-12-18(24)22-9-10-23-19(25)16-11-13(20)3-8-17(16)21/h3-8,11H,2,9-10,12H2,1H3,(H,22,24)(H,23,25). The van der Waals surface area contributed by atoms with Gasteiger partial charge in [-0.05, 0) is 49.4 Å². The Morgan fingerprint density at radius 3 is 2.22 bits per heavy atom. The Balaban J connectivity index is 1.67. The molecule has 8 heteroatoms. The van der Waals surface area contributed by atoms with E-state index in [9.17, 15) is 9.59 Å². The van der Waals surface area contributed by atoms with E-state index in [1.165, 1.54) is 6.07 Å². The second-order valence-corrected chi connectivity index (χ2v) is 6.27. The van der Waals surface area contributed by atoms with E-state index in [4.69, 9.17) is 32.7 Å². The van der Waals surface area contributed by atoms with Crippen molar-refractivity contribution in [3.05, 3.63) is 58.1 Å². The van der Waals surface area contributed by atoms with E-state index in [0.29, 0.717) is 22.4 Å². The van der Waals surface area contributed by atoms with Crippen LogP contribution in [0.3, 0.4) is 0 Å². The summed E-state index contributed by atoms with van der Waals surface area (Å²) in [6.45, 7) is 2.87. The highest BCUT2D eigenvalue weighted by Crippen LogP contribution is 2.20. The first-order valence-electron chi connectivity index (χ1n) is 8.35. The fraction of sp³-hybridized carbons (Fsp3) is 0.263. The number of amides is 2. The summed E-state index contributed by atoms with van der Waals surface area (Å²) < 4.78 is 10.7. The molecule has 6 nitrogen and oxygen atoms in total. The number of rotatable bonds is 9. The van der Waals surface area contributed by atoms with Crippen LogP contribution < -0.4 is 20.1 Å². The molecule has 27 heavy (non-hydrogen) atoms. The predicted molar refractivity (Wildman–Crippen MR) is 105 cm³/mol. The van der Waals surface area contributed by atoms with Crippen molar-refractivity contribution in [2.24, 2.45) is 0 Å². The second-order valence-electron chi connectivity index (χ2n) is 5.42. The zero-order valence-corrected chi connectivity index (χ0v) is 16.3. The van der Waals surface area contributed by atoms with Crippen molar-refractivity contribution in [3.8, 4) is 11.5 Å². The van der Waals surface area contributed by atoms with Crippen molar-refractivity contribution in [1.29, 1.82) is 0 Å². The smallest absolute Gasteiger partial charge is 0.258 e. The lowest BCUT2D eigenvalue weighted by atomic mass is 10.2. The molecule has 0 saturated carbocycles. The van der Waals surface area contributed by atoms with E-state index in [1.807, 2.05) is 6.92 Å². The summed E-state index contributed by atoms with van der Waals surface area (Å²) in [7, 11) is 0. The van der Waals surface area contributed by atoms with Gasteiger partial charge in [0.05, 0.1) is 17.2 Å². The van der Waals surface area contributed by atoms with Crippen LogP contribution in [0.25, 0.3) is 0 Å². The third-order valence-electron chi connectivity index (χ3n) is 3.41. The van der Waals surface area contributed by atoms with Crippen LogP contribution in [0.4, 0.5) is 0 Å². The molecule has 2 aromatic rings. The van der Waals surface area contributed by atoms with Crippen LogP contribution >= 0.6 is 23.2 Å². The third-order valence-corrected chi connectivity index (χ3v) is 3.98. The summed E-state index contributed by atoms with van der Waals surface area (Å²) >= 11 is 11.8. The van der Waals surface area contributed by atoms with Gasteiger partial charge in [0.2, 0.25) is 0 Å². The molecule has 0 aliphatic rings. The lowest BCUT2D eigenvalue weighted by molar-refractivity contribution is -0.123. The highest BCUT2D eigenvalue weighted by molar-refractivity contribution is 6.35. The molecular weight excluding hydrogens is 391 g/mol. The van der Waals surface area contributed by atoms with Crippen LogP contribution in [0.15, 0.2) is 42.5 Å². The zero-order valence-electron chi connectivity index (χ0n) is 14.8. The predicted octanol–water partition coefficient (Wildman–Crippen LogP) is 3.32. The van der Waals surface area contributed by atoms with Crippen molar-refractivity contribution < 1.29 is 19.1 Å². The Kier molecular flexibility index (Phi) is 8.23. The Morgan fingerprint density at radius 1 is 0.926 bits per heavy atom. The van der Waals surface area contributed by atoms with Crippen LogP contribution in [-0.4, -0.2) is 38.1 Å². The average Bonchev–Trinajstić information content (AvgIpc) is 2.66. The fourth-order valence-corrected chi connectivity index (χ4v) is 2.52. The molecule has 0 spiro atoms. The third kappa shape index (κ3) is 7.00. The molecule has 2 N–H and O–H groups in total. The van der Waals surface area contributed by atoms with Gasteiger partial charge in [0.1, 0.15) is 11.5 Å². The van der Waals surface area contributed by atoms with Gasteiger partial charge < -0.3 is 20.1 Å². The molecule has 0 radical (unpaired) electrons. The van der Waals surface area contributed by atoms with Gasteiger partial charge in [0, 0.05) is 18.1 Å². The van der Waals surface area contributed by atoms with E-state index in [-0.39, 0.29) is 37.1 Å². The molecule has 0 fully saturated rings. The van der Waals surface area contributed by atoms with E-state index in [0.717, 1.165) is 5.75 Å². The lowest BCUT2D eigenvalue weighted by Gasteiger charge is -2.10. The highest BCUT2D eigenvalue weighted by atomic mass is 35.5. The van der Waals surface area contributed by atoms with Crippen LogP contribution in [0.1, 0.15) is 17.3 Å². The Hall–Kier alpha value is -2.44. The number of benzene rings is 2. The van der Waals surface area contributed by atoms with Gasteiger partial charge in [-0.15, -0.1) is 0 Å². The van der Waals surface area contributed by atoms with E-state index >= 15 is 0 Å². The van der Waals surface area contributed by atoms with Crippen molar-refractivity contribution >= 4 is 35.0 Å². The SMILES string of the molecule is CCOc1ccc(OCC(=O)NCCNC(=O)c2cc(Cl)ccc2Cl)cc1. The Labute approximate surface area is 167 Å². The quantitative estimate of drug-likeness (QED) is 0.621. The summed E-state index contributed by atoms with van der Waals surface area (Å²) in [5.74, 6) is 0.656. The van der Waals surface area contributed by atoms with Gasteiger partial charge in [-0.1, -0.05) is 23.2 Å². The van der Waals surface area contributed by atoms with Gasteiger partial charge in [0.25, 0.3) is 11.8 Å². The molecule has 0 saturated heterocycles. The maximum Gasteiger partial charge on any atom is 0.258 e. The van der Waals surface area contributed by atoms with Crippen LogP contribution in [0.2, 0.25) is 10.0 Å². The molecule has 0 unspecified atom stereocenters. The number of carbonyl (C=O) groups is 2. The number of halogens is 2. The fourth-order valence-electron chi connectivity index (χ4n) is 2.14. The molecule has 0 aliphatic carbocycles. The van der Waals surface area contributed by atoms with Crippen LogP contribution in [0, 0.1) is 0 Å². The number of nitrogens with one attached hydrogen (secondary N) is 2. The van der Waals surface area contributed by atoms with Gasteiger partial charge in [-0.3, -0.25) is 9.59 Å². The van der Waals surface area contributed by atoms with Crippen molar-refractivity contribution in [1.82, 2.24) is 10.6 Å². The van der Waals surface area contributed by atoms with Gasteiger partial charge in [0.15, 0.2) is 6.61 Å². The maximum absolute atomic E-state index is 12.0. The highest BCUT2D eigenvalue weighted by Gasteiger charge is 2.10. The zero-order chi connectivity index (χ0) is 19.6. The largest absolute Gasteiger partial charge is 0.494 e. The monoisotopic (exact) mass is 410 g/mol. The van der Waals surface area contributed by atoms with E-state index in [2.05, 4.69) is 10.6 Å². The Morgan fingerprint density at radius 2 is 1.56 bits per heavy atom. The first-order valence-corrected chi connectivity index (χ1v) is 9.10. The van der Waals surface area contributed by atoms with Crippen molar-refractivity contribution in [3.63, 3.8) is 0 Å². The summed E-state index contributed by atoms with van der Waals surface area (Å²) in [4.78, 5) is 23.8. The summed E-state index contributed by atoms with van der Waals surface area (Å²) in [5.41, 5.74) is 0.286. The first-order chi connectivity index (χ1) is 13.0. The topological polar surface area (TPSA) is 76.7 Å². The molecule has 2 amide bonds. The second kappa shape index (κ2) is 10.6. The van der Waals surface area contributed by atoms with Crippen molar-refractivity contribution in [2.45, 2.75) is 6.92 Å². The average molecular weight is 411 g/mol. The molecule has 0 bridgehead atoms. The van der Waals surface area contributed by atoms with Gasteiger partial charge >= 0.3 is 0 Å². The Bertz CT molecular complexity index is 782. The molecule has 0 aliphatic heterocycles. The minimum atomic E-state index is -0.359. The molecule has 2 rings (SSSR count). The summed E-state index contributed by atoms with van der Waals surface area (Å²) in [6.07, 6.45) is 0. The van der Waals surface area contributed by atoms with Gasteiger partial charge in [-0.2, -0.15) is 0 Å². The van der Waals surface area contributed by atoms with Crippen LogP contribution in [0.5, 0.6) is 11.5 Å². The molecule has 0 heterocycles. The molecule has 2 aromatic carbocycles. The number of hydrogen-bond acceptors (Lipinski definition) is 4. The number of hydrogen-bond donors (Lipinski definition) is 2. The minimum absolute atomic E-state index is 0.123. The first kappa shape index (κ1) is 20.9. The molecular formula is C19H20Cl2N2O4. The van der Waals surface area contributed by atoms with E-state index in [1.54, 1.807) is 36.4 Å². The molecule has 144 valence electrons. The summed E-state index contributed by atoms with van der Waals surface area (Å²) in [5, 5.41) is 6.05. The van der Waals surface area contributed by atoms with Crippen LogP contribution in [-0.2, 0) is 4.79 Å². The minimum Gasteiger partial charge on any atom is -0.494 e. The summed E-state index contributed by atoms with van der Waals surface area (Å²) in [6, 6.07) is 11.6. The molecule has 0 atom stereocenters. The van der Waals surface area contributed by atoms with Gasteiger partial charge in [-0.25, -0.2) is 0 Å². The molecule has 0 aromatic heterocycles. The normalized spacial score (nSPS) is 10.2. The van der Waals surface area contributed by atoms with Crippen molar-refractivity contribution in [2.75, 3.05) is 26.3 Å². The van der Waals surface area contributed by atoms with E-state index < -0.39 is 0 Å². The maximum atomic E-state index is 12.0. The number of ether oxygens (including phenoxy) is 2. The lowest BCUT2D eigenvalue weighted by Crippen LogP contribution is -2.36. The number of carbonyl (C=O) groups excluding carboxylic acids is 2.